The molecule has 1 aromatic carbocycles. The van der Waals surface area contributed by atoms with E-state index in [1.165, 1.54) is 18.6 Å². The van der Waals surface area contributed by atoms with Gasteiger partial charge in [0, 0.05) is 30.1 Å². The van der Waals surface area contributed by atoms with Crippen molar-refractivity contribution in [1.82, 2.24) is 4.90 Å². The number of piperidine rings is 1. The molecule has 108 valence electrons. The number of sulfone groups is 1. The van der Waals surface area contributed by atoms with E-state index in [2.05, 4.69) is 0 Å². The average molecular weight is 294 g/mol. The van der Waals surface area contributed by atoms with Crippen molar-refractivity contribution < 1.29 is 13.2 Å². The van der Waals surface area contributed by atoms with Crippen LogP contribution in [-0.2, 0) is 9.84 Å². The molecule has 1 aliphatic carbocycles. The average Bonchev–Trinajstić information content (AvgIpc) is 2.98. The third-order valence-electron chi connectivity index (χ3n) is 4.27. The number of amides is 1. The van der Waals surface area contributed by atoms with E-state index >= 15 is 0 Å². The molecule has 2 fully saturated rings. The van der Waals surface area contributed by atoms with Gasteiger partial charge in [-0.1, -0.05) is 0 Å². The normalized spacial score (nSPS) is 25.1. The van der Waals surface area contributed by atoms with Gasteiger partial charge in [0.2, 0.25) is 0 Å². The van der Waals surface area contributed by atoms with Crippen LogP contribution in [0.4, 0.5) is 5.69 Å². The summed E-state index contributed by atoms with van der Waals surface area (Å²) in [7, 11) is -3.37. The predicted molar refractivity (Wildman–Crippen MR) is 76.1 cm³/mol. The Kier molecular flexibility index (Phi) is 3.01. The van der Waals surface area contributed by atoms with E-state index in [0.717, 1.165) is 25.6 Å². The molecule has 2 N–H and O–H groups in total. The number of rotatable bonds is 2. The molecular formula is C14H18N2O3S. The second kappa shape index (κ2) is 4.48. The van der Waals surface area contributed by atoms with Gasteiger partial charge in [0.25, 0.3) is 5.91 Å². The first-order valence-electron chi connectivity index (χ1n) is 6.76. The fourth-order valence-electron chi connectivity index (χ4n) is 3.30. The topological polar surface area (TPSA) is 80.5 Å². The van der Waals surface area contributed by atoms with Crippen molar-refractivity contribution in [3.05, 3.63) is 23.8 Å². The molecule has 20 heavy (non-hydrogen) atoms. The second-order valence-electron chi connectivity index (χ2n) is 5.85. The van der Waals surface area contributed by atoms with Crippen molar-refractivity contribution in [2.24, 2.45) is 5.92 Å². The SMILES string of the molecule is CS(=O)(=O)c1cc(N)cc(C(=O)N2CC3CCC2C3)c1. The zero-order valence-corrected chi connectivity index (χ0v) is 12.2. The van der Waals surface area contributed by atoms with Crippen LogP contribution in [0.1, 0.15) is 29.6 Å². The largest absolute Gasteiger partial charge is 0.399 e. The molecule has 5 nitrogen and oxygen atoms in total. The molecule has 6 heteroatoms. The minimum Gasteiger partial charge on any atom is -0.399 e. The number of fused-ring (bicyclic) bond motifs is 2. The molecule has 2 unspecified atom stereocenters. The Morgan fingerprint density at radius 2 is 2.05 bits per heavy atom. The van der Waals surface area contributed by atoms with Crippen LogP contribution in [0.5, 0.6) is 0 Å². The number of carbonyl (C=O) groups is 1. The summed E-state index contributed by atoms with van der Waals surface area (Å²) in [6.45, 7) is 0.784. The van der Waals surface area contributed by atoms with Gasteiger partial charge >= 0.3 is 0 Å². The maximum absolute atomic E-state index is 12.5. The molecule has 1 saturated heterocycles. The Balaban J connectivity index is 1.94. The fraction of sp³-hybridized carbons (Fsp3) is 0.500. The van der Waals surface area contributed by atoms with E-state index in [4.69, 9.17) is 5.73 Å². The monoisotopic (exact) mass is 294 g/mol. The van der Waals surface area contributed by atoms with Gasteiger partial charge in [-0.15, -0.1) is 0 Å². The van der Waals surface area contributed by atoms with Gasteiger partial charge < -0.3 is 10.6 Å². The van der Waals surface area contributed by atoms with Gasteiger partial charge in [-0.25, -0.2) is 8.42 Å². The fourth-order valence-corrected chi connectivity index (χ4v) is 3.99. The van der Waals surface area contributed by atoms with Gasteiger partial charge in [-0.3, -0.25) is 4.79 Å². The highest BCUT2D eigenvalue weighted by molar-refractivity contribution is 7.90. The maximum Gasteiger partial charge on any atom is 0.254 e. The number of hydrogen-bond acceptors (Lipinski definition) is 4. The Hall–Kier alpha value is -1.56. The zero-order valence-electron chi connectivity index (χ0n) is 11.4. The molecule has 0 aromatic heterocycles. The van der Waals surface area contributed by atoms with Crippen molar-refractivity contribution in [3.8, 4) is 0 Å². The lowest BCUT2D eigenvalue weighted by molar-refractivity contribution is 0.0703. The molecule has 1 saturated carbocycles. The van der Waals surface area contributed by atoms with Crippen molar-refractivity contribution in [2.75, 3.05) is 18.5 Å². The minimum atomic E-state index is -3.37. The molecule has 1 aliphatic heterocycles. The van der Waals surface area contributed by atoms with Gasteiger partial charge in [-0.05, 0) is 43.4 Å². The summed E-state index contributed by atoms with van der Waals surface area (Å²) in [5.74, 6) is 0.508. The van der Waals surface area contributed by atoms with Gasteiger partial charge in [-0.2, -0.15) is 0 Å². The molecule has 2 atom stereocenters. The number of likely N-dealkylation sites (tertiary alicyclic amines) is 1. The molecule has 0 radical (unpaired) electrons. The lowest BCUT2D eigenvalue weighted by atomic mass is 10.1. The van der Waals surface area contributed by atoms with Crippen LogP contribution in [0.15, 0.2) is 23.1 Å². The maximum atomic E-state index is 12.5. The number of benzene rings is 1. The van der Waals surface area contributed by atoms with Crippen LogP contribution in [0.25, 0.3) is 0 Å². The first-order valence-corrected chi connectivity index (χ1v) is 8.65. The van der Waals surface area contributed by atoms with E-state index in [1.54, 1.807) is 6.07 Å². The van der Waals surface area contributed by atoms with Crippen molar-refractivity contribution >= 4 is 21.4 Å². The summed E-state index contributed by atoms with van der Waals surface area (Å²) in [6, 6.07) is 4.70. The molecule has 3 rings (SSSR count). The number of nitrogens with two attached hydrogens (primary N) is 1. The summed E-state index contributed by atoms with van der Waals surface area (Å²) < 4.78 is 23.3. The summed E-state index contributed by atoms with van der Waals surface area (Å²) in [4.78, 5) is 14.5. The van der Waals surface area contributed by atoms with E-state index in [9.17, 15) is 13.2 Å². The van der Waals surface area contributed by atoms with Gasteiger partial charge in [0.05, 0.1) is 4.90 Å². The molecule has 2 aliphatic rings. The van der Waals surface area contributed by atoms with Crippen molar-refractivity contribution in [1.29, 1.82) is 0 Å². The molecule has 0 spiro atoms. The lowest BCUT2D eigenvalue weighted by Crippen LogP contribution is -2.37. The molecule has 1 aromatic rings. The summed E-state index contributed by atoms with van der Waals surface area (Å²) in [5.41, 5.74) is 6.41. The van der Waals surface area contributed by atoms with Gasteiger partial charge in [0.1, 0.15) is 0 Å². The quantitative estimate of drug-likeness (QED) is 0.834. The van der Waals surface area contributed by atoms with Crippen LogP contribution in [0, 0.1) is 5.92 Å². The summed E-state index contributed by atoms with van der Waals surface area (Å²) in [5, 5.41) is 0. The Morgan fingerprint density at radius 1 is 1.30 bits per heavy atom. The molecule has 2 bridgehead atoms. The van der Waals surface area contributed by atoms with Gasteiger partial charge in [0.15, 0.2) is 9.84 Å². The predicted octanol–water partition coefficient (Wildman–Crippen LogP) is 1.30. The molecule has 1 amide bonds. The first-order chi connectivity index (χ1) is 9.34. The minimum absolute atomic E-state index is 0.102. The van der Waals surface area contributed by atoms with Crippen LogP contribution < -0.4 is 5.73 Å². The van der Waals surface area contributed by atoms with Crippen LogP contribution in [0.2, 0.25) is 0 Å². The smallest absolute Gasteiger partial charge is 0.254 e. The Bertz CT molecular complexity index is 669. The number of anilines is 1. The van der Waals surface area contributed by atoms with Crippen LogP contribution >= 0.6 is 0 Å². The Morgan fingerprint density at radius 3 is 2.60 bits per heavy atom. The van der Waals surface area contributed by atoms with E-state index in [1.807, 2.05) is 4.90 Å². The van der Waals surface area contributed by atoms with Crippen molar-refractivity contribution in [2.45, 2.75) is 30.2 Å². The number of hydrogen-bond donors (Lipinski definition) is 1. The third kappa shape index (κ3) is 2.28. The first kappa shape index (κ1) is 13.4. The highest BCUT2D eigenvalue weighted by atomic mass is 32.2. The van der Waals surface area contributed by atoms with E-state index < -0.39 is 9.84 Å². The summed E-state index contributed by atoms with van der Waals surface area (Å²) >= 11 is 0. The van der Waals surface area contributed by atoms with Crippen LogP contribution in [-0.4, -0.2) is 38.1 Å². The number of carbonyl (C=O) groups excluding carboxylic acids is 1. The molecule has 1 heterocycles. The zero-order chi connectivity index (χ0) is 14.5. The van der Waals surface area contributed by atoms with Crippen molar-refractivity contribution in [3.63, 3.8) is 0 Å². The highest BCUT2D eigenvalue weighted by Crippen LogP contribution is 2.38. The second-order valence-corrected chi connectivity index (χ2v) is 7.87. The molecular weight excluding hydrogens is 276 g/mol. The van der Waals surface area contributed by atoms with E-state index in [-0.39, 0.29) is 10.8 Å². The number of nitrogen functional groups attached to an aromatic ring is 1. The third-order valence-corrected chi connectivity index (χ3v) is 5.37. The highest BCUT2D eigenvalue weighted by Gasteiger charge is 2.40. The van der Waals surface area contributed by atoms with Crippen LogP contribution in [0.3, 0.4) is 0 Å². The summed E-state index contributed by atoms with van der Waals surface area (Å²) in [6.07, 6.45) is 4.44. The standard InChI is InChI=1S/C14H18N2O3S/c1-20(18,19)13-6-10(5-11(15)7-13)14(17)16-8-9-2-3-12(16)4-9/h5-7,9,12H,2-4,8,15H2,1H3. The lowest BCUT2D eigenvalue weighted by Gasteiger charge is -2.27. The van der Waals surface area contributed by atoms with E-state index in [0.29, 0.717) is 23.2 Å². The Labute approximate surface area is 118 Å². The number of nitrogens with zero attached hydrogens (tertiary/aromatic N) is 1.